The number of benzene rings is 1. The third kappa shape index (κ3) is 3.61. The molecule has 0 unspecified atom stereocenters. The summed E-state index contributed by atoms with van der Waals surface area (Å²) < 4.78 is 4.79. The highest BCUT2D eigenvalue weighted by Gasteiger charge is 2.22. The number of anilines is 1. The second-order valence-electron chi connectivity index (χ2n) is 4.36. The highest BCUT2D eigenvalue weighted by atomic mass is 35.5. The van der Waals surface area contributed by atoms with Gasteiger partial charge in [-0.15, -0.1) is 0 Å². The summed E-state index contributed by atoms with van der Waals surface area (Å²) >= 11 is 5.85. The van der Waals surface area contributed by atoms with Gasteiger partial charge in [0.25, 0.3) is 0 Å². The maximum Gasteiger partial charge on any atom is 0.409 e. The number of rotatable bonds is 4. The first-order valence-electron chi connectivity index (χ1n) is 6.04. The molecule has 0 aromatic heterocycles. The van der Waals surface area contributed by atoms with Crippen LogP contribution in [0.1, 0.15) is 12.0 Å². The fraction of sp³-hybridized carbons (Fsp3) is 0.385. The van der Waals surface area contributed by atoms with Gasteiger partial charge in [-0.25, -0.2) is 4.79 Å². The van der Waals surface area contributed by atoms with Crippen molar-refractivity contribution in [3.05, 3.63) is 28.8 Å². The van der Waals surface area contributed by atoms with Crippen molar-refractivity contribution in [2.45, 2.75) is 13.3 Å². The Morgan fingerprint density at radius 2 is 2.32 bits per heavy atom. The molecule has 5 nitrogen and oxygen atoms in total. The van der Waals surface area contributed by atoms with Gasteiger partial charge < -0.3 is 15.0 Å². The van der Waals surface area contributed by atoms with E-state index in [2.05, 4.69) is 5.32 Å². The molecule has 1 heterocycles. The molecule has 1 aliphatic heterocycles. The van der Waals surface area contributed by atoms with Crippen LogP contribution in [0, 0.1) is 6.92 Å². The molecule has 19 heavy (non-hydrogen) atoms. The lowest BCUT2D eigenvalue weighted by atomic mass is 10.2. The molecule has 1 fully saturated rings. The lowest BCUT2D eigenvalue weighted by molar-refractivity contribution is -0.116. The maximum absolute atomic E-state index is 11.8. The van der Waals surface area contributed by atoms with E-state index in [9.17, 15) is 9.59 Å². The van der Waals surface area contributed by atoms with Gasteiger partial charge in [-0.05, 0) is 30.7 Å². The van der Waals surface area contributed by atoms with E-state index >= 15 is 0 Å². The van der Waals surface area contributed by atoms with Crippen LogP contribution in [0.5, 0.6) is 0 Å². The summed E-state index contributed by atoms with van der Waals surface area (Å²) in [5, 5.41) is 3.43. The minimum Gasteiger partial charge on any atom is -0.448 e. The molecule has 6 heteroatoms. The minimum absolute atomic E-state index is 0.134. The molecule has 2 amide bonds. The molecule has 0 aliphatic carbocycles. The fourth-order valence-electron chi connectivity index (χ4n) is 1.85. The van der Waals surface area contributed by atoms with E-state index < -0.39 is 0 Å². The molecule has 0 radical (unpaired) electrons. The summed E-state index contributed by atoms with van der Waals surface area (Å²) in [7, 11) is 0. The van der Waals surface area contributed by atoms with E-state index in [1.54, 1.807) is 18.2 Å². The lowest BCUT2D eigenvalue weighted by Gasteiger charge is -2.13. The normalized spacial score (nSPS) is 14.4. The number of carbonyl (C=O) groups excluding carboxylic acids is 2. The van der Waals surface area contributed by atoms with Gasteiger partial charge in [-0.3, -0.25) is 4.79 Å². The van der Waals surface area contributed by atoms with E-state index in [1.807, 2.05) is 6.92 Å². The Balaban J connectivity index is 1.85. The van der Waals surface area contributed by atoms with Gasteiger partial charge in [0.15, 0.2) is 0 Å². The number of carbonyl (C=O) groups is 2. The van der Waals surface area contributed by atoms with Crippen LogP contribution in [0.3, 0.4) is 0 Å². The molecule has 1 aromatic rings. The fourth-order valence-corrected chi connectivity index (χ4v) is 2.07. The van der Waals surface area contributed by atoms with E-state index in [0.717, 1.165) is 11.3 Å². The van der Waals surface area contributed by atoms with Crippen LogP contribution in [-0.2, 0) is 9.53 Å². The molecule has 1 aromatic carbocycles. The van der Waals surface area contributed by atoms with Crippen LogP contribution < -0.4 is 5.32 Å². The third-order valence-corrected chi connectivity index (χ3v) is 3.15. The predicted molar refractivity (Wildman–Crippen MR) is 72.4 cm³/mol. The Bertz CT molecular complexity index is 505. The summed E-state index contributed by atoms with van der Waals surface area (Å²) in [5.41, 5.74) is 1.64. The van der Waals surface area contributed by atoms with Gasteiger partial charge >= 0.3 is 6.09 Å². The third-order valence-electron chi connectivity index (χ3n) is 2.92. The van der Waals surface area contributed by atoms with E-state index in [0.29, 0.717) is 24.7 Å². The van der Waals surface area contributed by atoms with Crippen LogP contribution >= 0.6 is 11.6 Å². The Hall–Kier alpha value is -1.75. The summed E-state index contributed by atoms with van der Waals surface area (Å²) in [6, 6.07) is 5.27. The number of amides is 2. The van der Waals surface area contributed by atoms with Crippen molar-refractivity contribution in [2.24, 2.45) is 0 Å². The second kappa shape index (κ2) is 5.93. The Morgan fingerprint density at radius 1 is 1.53 bits per heavy atom. The van der Waals surface area contributed by atoms with Crippen molar-refractivity contribution in [3.63, 3.8) is 0 Å². The summed E-state index contributed by atoms with van der Waals surface area (Å²) in [6.45, 7) is 3.19. The molecule has 102 valence electrons. The molecule has 1 aliphatic rings. The monoisotopic (exact) mass is 282 g/mol. The number of halogens is 1. The molecule has 1 N–H and O–H groups in total. The second-order valence-corrected chi connectivity index (χ2v) is 4.80. The van der Waals surface area contributed by atoms with Crippen molar-refractivity contribution in [3.8, 4) is 0 Å². The first-order valence-corrected chi connectivity index (χ1v) is 6.42. The molecular formula is C13H15ClN2O3. The molecule has 2 rings (SSSR count). The topological polar surface area (TPSA) is 58.6 Å². The maximum atomic E-state index is 11.8. The van der Waals surface area contributed by atoms with Crippen LogP contribution in [0.25, 0.3) is 0 Å². The summed E-state index contributed by atoms with van der Waals surface area (Å²) in [5.74, 6) is -0.134. The first-order chi connectivity index (χ1) is 9.06. The molecule has 0 saturated carbocycles. The summed E-state index contributed by atoms with van der Waals surface area (Å²) in [4.78, 5) is 24.5. The smallest absolute Gasteiger partial charge is 0.409 e. The number of nitrogens with zero attached hydrogens (tertiary/aromatic N) is 1. The SMILES string of the molecule is Cc1cc(Cl)ccc1NC(=O)CCN1CCOC1=O. The lowest BCUT2D eigenvalue weighted by Crippen LogP contribution is -2.28. The van der Waals surface area contributed by atoms with Crippen LogP contribution in [0.15, 0.2) is 18.2 Å². The van der Waals surface area contributed by atoms with Crippen molar-refractivity contribution >= 4 is 29.3 Å². The number of ether oxygens (including phenoxy) is 1. The van der Waals surface area contributed by atoms with Crippen LogP contribution in [-0.4, -0.2) is 36.6 Å². The van der Waals surface area contributed by atoms with E-state index in [4.69, 9.17) is 16.3 Å². The number of nitrogens with one attached hydrogen (secondary N) is 1. The first kappa shape index (κ1) is 13.7. The Labute approximate surface area is 116 Å². The molecule has 0 spiro atoms. The average molecular weight is 283 g/mol. The van der Waals surface area contributed by atoms with Gasteiger partial charge in [-0.2, -0.15) is 0 Å². The highest BCUT2D eigenvalue weighted by Crippen LogP contribution is 2.19. The molecule has 1 saturated heterocycles. The van der Waals surface area contributed by atoms with Gasteiger partial charge in [0.05, 0.1) is 6.54 Å². The van der Waals surface area contributed by atoms with E-state index in [-0.39, 0.29) is 18.4 Å². The van der Waals surface area contributed by atoms with Crippen molar-refractivity contribution in [1.82, 2.24) is 4.90 Å². The summed E-state index contributed by atoms with van der Waals surface area (Å²) in [6.07, 6.45) is -0.104. The van der Waals surface area contributed by atoms with Gasteiger partial charge in [-0.1, -0.05) is 11.6 Å². The largest absolute Gasteiger partial charge is 0.448 e. The number of hydrogen-bond acceptors (Lipinski definition) is 3. The Morgan fingerprint density at radius 3 is 2.95 bits per heavy atom. The standard InChI is InChI=1S/C13H15ClN2O3/c1-9-8-10(14)2-3-11(9)15-12(17)4-5-16-6-7-19-13(16)18/h2-3,8H,4-7H2,1H3,(H,15,17). The molecular weight excluding hydrogens is 268 g/mol. The predicted octanol–water partition coefficient (Wildman–Crippen LogP) is 2.43. The van der Waals surface area contributed by atoms with Gasteiger partial charge in [0.2, 0.25) is 5.91 Å². The molecule has 0 atom stereocenters. The average Bonchev–Trinajstić information content (AvgIpc) is 2.76. The van der Waals surface area contributed by atoms with Crippen LogP contribution in [0.4, 0.5) is 10.5 Å². The van der Waals surface area contributed by atoms with E-state index in [1.165, 1.54) is 4.90 Å². The van der Waals surface area contributed by atoms with Crippen LogP contribution in [0.2, 0.25) is 5.02 Å². The quantitative estimate of drug-likeness (QED) is 0.923. The zero-order valence-electron chi connectivity index (χ0n) is 10.6. The molecule has 0 bridgehead atoms. The highest BCUT2D eigenvalue weighted by molar-refractivity contribution is 6.30. The number of aryl methyl sites for hydroxylation is 1. The Kier molecular flexibility index (Phi) is 4.27. The van der Waals surface area contributed by atoms with Gasteiger partial charge in [0, 0.05) is 23.7 Å². The van der Waals surface area contributed by atoms with Gasteiger partial charge in [0.1, 0.15) is 6.61 Å². The minimum atomic E-state index is -0.351. The number of cyclic esters (lactones) is 1. The van der Waals surface area contributed by atoms with Crippen molar-refractivity contribution < 1.29 is 14.3 Å². The van der Waals surface area contributed by atoms with Crippen molar-refractivity contribution in [1.29, 1.82) is 0 Å². The zero-order valence-corrected chi connectivity index (χ0v) is 11.4. The van der Waals surface area contributed by atoms with Crippen molar-refractivity contribution in [2.75, 3.05) is 25.0 Å². The zero-order chi connectivity index (χ0) is 13.8. The number of hydrogen-bond donors (Lipinski definition) is 1.